The van der Waals surface area contributed by atoms with E-state index in [1.807, 2.05) is 34.6 Å². The molecule has 0 aromatic carbocycles. The van der Waals surface area contributed by atoms with Crippen molar-refractivity contribution in [3.8, 4) is 0 Å². The van der Waals surface area contributed by atoms with Crippen LogP contribution < -0.4 is 11.1 Å². The average molecular weight is 274 g/mol. The molecular weight excluding hydrogens is 244 g/mol. The Morgan fingerprint density at radius 3 is 2.47 bits per heavy atom. The summed E-state index contributed by atoms with van der Waals surface area (Å²) in [7, 11) is 0. The number of primary amides is 1. The summed E-state index contributed by atoms with van der Waals surface area (Å²) in [6, 6.07) is 0.218. The maximum absolute atomic E-state index is 11.5. The van der Waals surface area contributed by atoms with Crippen molar-refractivity contribution in [3.63, 3.8) is 0 Å². The third kappa shape index (κ3) is 8.18. The Bertz CT molecular complexity index is 259. The van der Waals surface area contributed by atoms with Gasteiger partial charge in [0, 0.05) is 19.3 Å². The zero-order valence-electron chi connectivity index (χ0n) is 13.0. The number of ether oxygens (including phenoxy) is 2. The van der Waals surface area contributed by atoms with Crippen LogP contribution in [0.25, 0.3) is 0 Å². The number of nitrogens with two attached hydrogens (primary N) is 1. The fourth-order valence-electron chi connectivity index (χ4n) is 1.95. The summed E-state index contributed by atoms with van der Waals surface area (Å²) in [6.07, 6.45) is 1.54. The predicted octanol–water partition coefficient (Wildman–Crippen LogP) is 1.45. The lowest BCUT2D eigenvalue weighted by molar-refractivity contribution is -0.124. The van der Waals surface area contributed by atoms with Crippen molar-refractivity contribution in [2.24, 2.45) is 5.73 Å². The summed E-state index contributed by atoms with van der Waals surface area (Å²) in [5, 5.41) is 3.22. The van der Waals surface area contributed by atoms with Crippen molar-refractivity contribution in [1.29, 1.82) is 0 Å². The molecule has 0 saturated carbocycles. The minimum atomic E-state index is -0.666. The van der Waals surface area contributed by atoms with Gasteiger partial charge < -0.3 is 20.5 Å². The molecule has 0 aliphatic heterocycles. The second-order valence-electron chi connectivity index (χ2n) is 5.44. The fourth-order valence-corrected chi connectivity index (χ4v) is 1.95. The van der Waals surface area contributed by atoms with E-state index in [0.717, 1.165) is 6.42 Å². The summed E-state index contributed by atoms with van der Waals surface area (Å²) in [4.78, 5) is 11.5. The molecule has 3 N–H and O–H groups in total. The van der Waals surface area contributed by atoms with Crippen LogP contribution in [0.2, 0.25) is 0 Å². The first kappa shape index (κ1) is 18.4. The van der Waals surface area contributed by atoms with Crippen molar-refractivity contribution >= 4 is 5.91 Å². The van der Waals surface area contributed by atoms with Crippen LogP contribution in [0.15, 0.2) is 0 Å². The Hall–Kier alpha value is -0.650. The number of hydrogen-bond acceptors (Lipinski definition) is 4. The van der Waals surface area contributed by atoms with E-state index in [2.05, 4.69) is 5.32 Å². The van der Waals surface area contributed by atoms with Gasteiger partial charge in [-0.25, -0.2) is 0 Å². The molecule has 5 nitrogen and oxygen atoms in total. The maximum Gasteiger partial charge on any atom is 0.237 e. The molecule has 0 fully saturated rings. The molecule has 2 atom stereocenters. The zero-order valence-corrected chi connectivity index (χ0v) is 13.0. The van der Waals surface area contributed by atoms with Gasteiger partial charge in [-0.1, -0.05) is 0 Å². The number of carbonyl (C=O) groups is 1. The average Bonchev–Trinajstić information content (AvgIpc) is 2.31. The van der Waals surface area contributed by atoms with Crippen LogP contribution in [0.5, 0.6) is 0 Å². The van der Waals surface area contributed by atoms with Crippen LogP contribution in [-0.2, 0) is 14.3 Å². The summed E-state index contributed by atoms with van der Waals surface area (Å²) in [6.45, 7) is 11.7. The summed E-state index contributed by atoms with van der Waals surface area (Å²) >= 11 is 0. The molecular formula is C14H30N2O3. The van der Waals surface area contributed by atoms with E-state index < -0.39 is 5.54 Å². The molecule has 0 rings (SSSR count). The van der Waals surface area contributed by atoms with E-state index in [9.17, 15) is 4.79 Å². The minimum absolute atomic E-state index is 0.0813. The Morgan fingerprint density at radius 2 is 2.00 bits per heavy atom. The first-order valence-corrected chi connectivity index (χ1v) is 7.08. The molecule has 0 radical (unpaired) electrons. The third-order valence-electron chi connectivity index (χ3n) is 2.93. The van der Waals surface area contributed by atoms with Gasteiger partial charge in [-0.15, -0.1) is 0 Å². The van der Waals surface area contributed by atoms with Gasteiger partial charge in [0.15, 0.2) is 0 Å². The Kier molecular flexibility index (Phi) is 8.97. The smallest absolute Gasteiger partial charge is 0.237 e. The maximum atomic E-state index is 11.5. The quantitative estimate of drug-likeness (QED) is 0.559. The highest BCUT2D eigenvalue weighted by Crippen LogP contribution is 2.13. The second kappa shape index (κ2) is 9.28. The molecule has 1 amide bonds. The predicted molar refractivity (Wildman–Crippen MR) is 77.0 cm³/mol. The minimum Gasteiger partial charge on any atom is -0.379 e. The highest BCUT2D eigenvalue weighted by Gasteiger charge is 2.30. The van der Waals surface area contributed by atoms with Crippen molar-refractivity contribution in [3.05, 3.63) is 0 Å². The van der Waals surface area contributed by atoms with Crippen LogP contribution >= 0.6 is 0 Å². The summed E-state index contributed by atoms with van der Waals surface area (Å²) < 4.78 is 10.9. The van der Waals surface area contributed by atoms with E-state index in [1.54, 1.807) is 0 Å². The van der Waals surface area contributed by atoms with Gasteiger partial charge in [0.25, 0.3) is 0 Å². The fraction of sp³-hybridized carbons (Fsp3) is 0.929. The van der Waals surface area contributed by atoms with Crippen LogP contribution in [0.3, 0.4) is 0 Å². The molecule has 0 saturated heterocycles. The van der Waals surface area contributed by atoms with E-state index in [-0.39, 0.29) is 18.1 Å². The second-order valence-corrected chi connectivity index (χ2v) is 5.44. The largest absolute Gasteiger partial charge is 0.379 e. The molecule has 0 spiro atoms. The number of rotatable bonds is 11. The first-order valence-electron chi connectivity index (χ1n) is 7.08. The van der Waals surface area contributed by atoms with Gasteiger partial charge in [-0.2, -0.15) is 0 Å². The highest BCUT2D eigenvalue weighted by atomic mass is 16.5. The topological polar surface area (TPSA) is 73.6 Å². The lowest BCUT2D eigenvalue weighted by Gasteiger charge is -2.30. The molecule has 0 heterocycles. The standard InChI is InChI=1S/C14H30N2O3/c1-6-18-10-12(4)19-9-7-8-14(5,13(15)17)16-11(2)3/h11-12,16H,6-10H2,1-5H3,(H2,15,17). The number of carbonyl (C=O) groups excluding carboxylic acids is 1. The molecule has 0 aliphatic rings. The first-order chi connectivity index (χ1) is 8.81. The van der Waals surface area contributed by atoms with E-state index >= 15 is 0 Å². The number of nitrogens with one attached hydrogen (secondary N) is 1. The monoisotopic (exact) mass is 274 g/mol. The Balaban J connectivity index is 3.97. The van der Waals surface area contributed by atoms with Crippen LogP contribution in [0, 0.1) is 0 Å². The molecule has 19 heavy (non-hydrogen) atoms. The van der Waals surface area contributed by atoms with Gasteiger partial charge in [0.1, 0.15) is 0 Å². The van der Waals surface area contributed by atoms with Crippen molar-refractivity contribution < 1.29 is 14.3 Å². The summed E-state index contributed by atoms with van der Waals surface area (Å²) in [5.74, 6) is -0.316. The normalized spacial score (nSPS) is 16.3. The number of amides is 1. The van der Waals surface area contributed by atoms with Gasteiger partial charge in [-0.05, 0) is 47.5 Å². The van der Waals surface area contributed by atoms with Crippen molar-refractivity contribution in [1.82, 2.24) is 5.32 Å². The lowest BCUT2D eigenvalue weighted by Crippen LogP contribution is -2.55. The molecule has 0 aromatic rings. The lowest BCUT2D eigenvalue weighted by atomic mass is 9.94. The molecule has 114 valence electrons. The Labute approximate surface area is 117 Å². The number of hydrogen-bond donors (Lipinski definition) is 2. The molecule has 0 aliphatic carbocycles. The van der Waals surface area contributed by atoms with Crippen molar-refractivity contribution in [2.45, 2.75) is 65.1 Å². The Morgan fingerprint density at radius 1 is 1.37 bits per heavy atom. The molecule has 2 unspecified atom stereocenters. The highest BCUT2D eigenvalue weighted by molar-refractivity contribution is 5.84. The van der Waals surface area contributed by atoms with Gasteiger partial charge in [0.05, 0.1) is 18.2 Å². The van der Waals surface area contributed by atoms with E-state index in [1.165, 1.54) is 0 Å². The van der Waals surface area contributed by atoms with Crippen LogP contribution in [-0.4, -0.2) is 43.4 Å². The SMILES string of the molecule is CCOCC(C)OCCCC(C)(NC(C)C)C(N)=O. The van der Waals surface area contributed by atoms with Gasteiger partial charge in [0.2, 0.25) is 5.91 Å². The van der Waals surface area contributed by atoms with Crippen LogP contribution in [0.1, 0.15) is 47.5 Å². The van der Waals surface area contributed by atoms with Crippen molar-refractivity contribution in [2.75, 3.05) is 19.8 Å². The third-order valence-corrected chi connectivity index (χ3v) is 2.93. The van der Waals surface area contributed by atoms with Gasteiger partial charge in [-0.3, -0.25) is 4.79 Å². The van der Waals surface area contributed by atoms with E-state index in [4.69, 9.17) is 15.2 Å². The molecule has 0 bridgehead atoms. The zero-order chi connectivity index (χ0) is 14.9. The molecule has 5 heteroatoms. The van der Waals surface area contributed by atoms with Crippen LogP contribution in [0.4, 0.5) is 0 Å². The van der Waals surface area contributed by atoms with E-state index in [0.29, 0.717) is 26.2 Å². The summed E-state index contributed by atoms with van der Waals surface area (Å²) in [5.41, 5.74) is 4.80. The molecule has 0 aromatic heterocycles. The van der Waals surface area contributed by atoms with Gasteiger partial charge >= 0.3 is 0 Å².